The summed E-state index contributed by atoms with van der Waals surface area (Å²) in [6.07, 6.45) is 5.08. The summed E-state index contributed by atoms with van der Waals surface area (Å²) in [4.78, 5) is 9.33. The lowest BCUT2D eigenvalue weighted by atomic mass is 10.1. The van der Waals surface area contributed by atoms with Gasteiger partial charge in [-0.15, -0.1) is 11.8 Å². The molecule has 1 aromatic heterocycles. The first-order valence-electron chi connectivity index (χ1n) is 6.06. The minimum Gasteiger partial charge on any atom is -0.504 e. The molecule has 0 radical (unpaired) electrons. The van der Waals surface area contributed by atoms with Crippen LogP contribution in [0.3, 0.4) is 0 Å². The van der Waals surface area contributed by atoms with Crippen LogP contribution in [-0.2, 0) is 5.75 Å². The molecule has 0 bridgehead atoms. The van der Waals surface area contributed by atoms with Crippen LogP contribution in [0.1, 0.15) is 5.69 Å². The van der Waals surface area contributed by atoms with Crippen LogP contribution in [0.15, 0.2) is 53.8 Å². The lowest BCUT2D eigenvalue weighted by Crippen LogP contribution is -1.86. The quantitative estimate of drug-likeness (QED) is 0.570. The van der Waals surface area contributed by atoms with Gasteiger partial charge in [0.15, 0.2) is 11.5 Å². The molecule has 0 aliphatic carbocycles. The van der Waals surface area contributed by atoms with Gasteiger partial charge < -0.3 is 10.2 Å². The van der Waals surface area contributed by atoms with Crippen LogP contribution in [0.4, 0.5) is 0 Å². The highest BCUT2D eigenvalue weighted by Gasteiger charge is 2.04. The van der Waals surface area contributed by atoms with E-state index in [1.807, 2.05) is 18.2 Å². The zero-order chi connectivity index (χ0) is 13.9. The first-order valence-corrected chi connectivity index (χ1v) is 7.04. The van der Waals surface area contributed by atoms with Gasteiger partial charge in [0.1, 0.15) is 0 Å². The van der Waals surface area contributed by atoms with Gasteiger partial charge in [-0.2, -0.15) is 0 Å². The van der Waals surface area contributed by atoms with Crippen molar-refractivity contribution in [1.29, 1.82) is 0 Å². The van der Waals surface area contributed by atoms with E-state index < -0.39 is 0 Å². The fourth-order valence-electron chi connectivity index (χ4n) is 1.90. The van der Waals surface area contributed by atoms with Gasteiger partial charge in [0.05, 0.1) is 5.69 Å². The molecule has 0 spiro atoms. The monoisotopic (exact) mass is 284 g/mol. The van der Waals surface area contributed by atoms with Crippen molar-refractivity contribution in [3.63, 3.8) is 0 Å². The first kappa shape index (κ1) is 12.7. The van der Waals surface area contributed by atoms with E-state index in [2.05, 4.69) is 9.97 Å². The third kappa shape index (κ3) is 2.67. The van der Waals surface area contributed by atoms with Crippen molar-refractivity contribution < 1.29 is 10.2 Å². The molecule has 3 rings (SSSR count). The number of rotatable bonds is 3. The highest BCUT2D eigenvalue weighted by molar-refractivity contribution is 7.98. The molecule has 0 aliphatic heterocycles. The van der Waals surface area contributed by atoms with Gasteiger partial charge in [0.2, 0.25) is 0 Å². The zero-order valence-corrected chi connectivity index (χ0v) is 11.3. The highest BCUT2D eigenvalue weighted by atomic mass is 32.2. The van der Waals surface area contributed by atoms with Crippen LogP contribution >= 0.6 is 11.8 Å². The molecule has 5 heteroatoms. The lowest BCUT2D eigenvalue weighted by Gasteiger charge is -2.05. The first-order chi connectivity index (χ1) is 9.72. The van der Waals surface area contributed by atoms with Crippen LogP contribution in [0.5, 0.6) is 11.5 Å². The molecule has 2 N–H and O–H groups in total. The fraction of sp³-hybridized carbons (Fsp3) is 0.0667. The zero-order valence-electron chi connectivity index (χ0n) is 10.5. The van der Waals surface area contributed by atoms with E-state index in [-0.39, 0.29) is 11.5 Å². The SMILES string of the molecule is Oc1cc2ccc(SCc3cnccn3)cc2cc1O. The molecule has 0 aliphatic rings. The molecule has 0 saturated carbocycles. The number of aromatic nitrogens is 2. The number of fused-ring (bicyclic) bond motifs is 1. The van der Waals surface area contributed by atoms with Crippen LogP contribution < -0.4 is 0 Å². The van der Waals surface area contributed by atoms with Crippen molar-refractivity contribution in [3.8, 4) is 11.5 Å². The molecule has 4 nitrogen and oxygen atoms in total. The largest absolute Gasteiger partial charge is 0.504 e. The molecule has 3 aromatic rings. The number of nitrogens with zero attached hydrogens (tertiary/aromatic N) is 2. The molecule has 0 fully saturated rings. The predicted molar refractivity (Wildman–Crippen MR) is 78.9 cm³/mol. The van der Waals surface area contributed by atoms with Gasteiger partial charge in [-0.3, -0.25) is 9.97 Å². The van der Waals surface area contributed by atoms with Gasteiger partial charge in [-0.25, -0.2) is 0 Å². The average Bonchev–Trinajstić information content (AvgIpc) is 2.47. The number of thioether (sulfide) groups is 1. The average molecular weight is 284 g/mol. The van der Waals surface area contributed by atoms with Crippen LogP contribution in [-0.4, -0.2) is 20.2 Å². The van der Waals surface area contributed by atoms with Gasteiger partial charge in [-0.1, -0.05) is 6.07 Å². The minimum atomic E-state index is -0.103. The smallest absolute Gasteiger partial charge is 0.158 e. The Hall–Kier alpha value is -2.27. The summed E-state index contributed by atoms with van der Waals surface area (Å²) in [5.41, 5.74) is 0.922. The Labute approximate surface area is 120 Å². The van der Waals surface area contributed by atoms with Gasteiger partial charge in [-0.05, 0) is 35.0 Å². The molecule has 0 unspecified atom stereocenters. The van der Waals surface area contributed by atoms with Crippen LogP contribution in [0.2, 0.25) is 0 Å². The second kappa shape index (κ2) is 5.38. The number of benzene rings is 2. The Kier molecular flexibility index (Phi) is 3.43. The molecule has 1 heterocycles. The number of aromatic hydroxyl groups is 2. The van der Waals surface area contributed by atoms with Gasteiger partial charge >= 0.3 is 0 Å². The van der Waals surface area contributed by atoms with E-state index in [9.17, 15) is 10.2 Å². The summed E-state index contributed by atoms with van der Waals surface area (Å²) >= 11 is 1.65. The summed E-state index contributed by atoms with van der Waals surface area (Å²) in [7, 11) is 0. The topological polar surface area (TPSA) is 66.2 Å². The molecular formula is C15H12N2O2S. The van der Waals surface area contributed by atoms with E-state index in [0.29, 0.717) is 0 Å². The Morgan fingerprint density at radius 1 is 0.950 bits per heavy atom. The van der Waals surface area contributed by atoms with Crippen LogP contribution in [0.25, 0.3) is 10.8 Å². The van der Waals surface area contributed by atoms with Gasteiger partial charge in [0.25, 0.3) is 0 Å². The summed E-state index contributed by atoms with van der Waals surface area (Å²) in [6, 6.07) is 9.02. The Morgan fingerprint density at radius 3 is 2.50 bits per heavy atom. The third-order valence-corrected chi connectivity index (χ3v) is 3.94. The Balaban J connectivity index is 1.84. The van der Waals surface area contributed by atoms with E-state index in [1.165, 1.54) is 0 Å². The summed E-state index contributed by atoms with van der Waals surface area (Å²) in [6.45, 7) is 0. The number of phenols is 2. The maximum absolute atomic E-state index is 9.54. The third-order valence-electron chi connectivity index (χ3n) is 2.91. The predicted octanol–water partition coefficient (Wildman–Crippen LogP) is 3.33. The fourth-order valence-corrected chi connectivity index (χ4v) is 2.74. The van der Waals surface area contributed by atoms with Crippen molar-refractivity contribution >= 4 is 22.5 Å². The number of hydrogen-bond donors (Lipinski definition) is 2. The summed E-state index contributed by atoms with van der Waals surface area (Å²) in [5, 5.41) is 20.8. The molecule has 0 amide bonds. The van der Waals surface area contributed by atoms with Crippen molar-refractivity contribution in [3.05, 3.63) is 54.6 Å². The lowest BCUT2D eigenvalue weighted by molar-refractivity contribution is 0.405. The van der Waals surface area contributed by atoms with Crippen molar-refractivity contribution in [2.24, 2.45) is 0 Å². The molecule has 0 atom stereocenters. The highest BCUT2D eigenvalue weighted by Crippen LogP contribution is 2.32. The normalized spacial score (nSPS) is 10.8. The van der Waals surface area contributed by atoms with E-state index >= 15 is 0 Å². The van der Waals surface area contributed by atoms with Gasteiger partial charge in [0, 0.05) is 29.2 Å². The maximum Gasteiger partial charge on any atom is 0.158 e. The second-order valence-corrected chi connectivity index (χ2v) is 5.38. The number of hydrogen-bond acceptors (Lipinski definition) is 5. The minimum absolute atomic E-state index is 0.0996. The number of phenolic OH excluding ortho intramolecular Hbond substituents is 2. The van der Waals surface area contributed by atoms with Crippen molar-refractivity contribution in [2.45, 2.75) is 10.6 Å². The van der Waals surface area contributed by atoms with E-state index in [4.69, 9.17) is 0 Å². The Morgan fingerprint density at radius 2 is 1.75 bits per heavy atom. The standard InChI is InChI=1S/C15H12N2O2S/c18-14-6-10-1-2-13(5-11(10)7-15(14)19)20-9-12-8-16-3-4-17-12/h1-8,18-19H,9H2. The van der Waals surface area contributed by atoms with Crippen molar-refractivity contribution in [2.75, 3.05) is 0 Å². The van der Waals surface area contributed by atoms with Crippen LogP contribution in [0, 0.1) is 0 Å². The van der Waals surface area contributed by atoms with Crippen molar-refractivity contribution in [1.82, 2.24) is 9.97 Å². The maximum atomic E-state index is 9.54. The molecule has 2 aromatic carbocycles. The summed E-state index contributed by atoms with van der Waals surface area (Å²) in [5.74, 6) is 0.537. The van der Waals surface area contributed by atoms with E-state index in [1.54, 1.807) is 42.5 Å². The molecule has 100 valence electrons. The van der Waals surface area contributed by atoms with E-state index in [0.717, 1.165) is 27.1 Å². The Bertz CT molecular complexity index is 747. The molecular weight excluding hydrogens is 272 g/mol. The summed E-state index contributed by atoms with van der Waals surface area (Å²) < 4.78 is 0. The molecule has 0 saturated heterocycles. The molecule has 20 heavy (non-hydrogen) atoms. The second-order valence-electron chi connectivity index (χ2n) is 4.34.